The predicted octanol–water partition coefficient (Wildman–Crippen LogP) is 1.48. The largest absolute Gasteiger partial charge is 0.477 e. The lowest BCUT2D eigenvalue weighted by Gasteiger charge is -2.23. The highest BCUT2D eigenvalue weighted by atomic mass is 19.3. The molecule has 0 aliphatic heterocycles. The fraction of sp³-hybridized carbons (Fsp3) is 0.889. The highest BCUT2D eigenvalue weighted by Gasteiger charge is 2.48. The van der Waals surface area contributed by atoms with Crippen LogP contribution >= 0.6 is 0 Å². The third-order valence-electron chi connectivity index (χ3n) is 2.87. The SMILES string of the molecule is CC(C)C1(NCC(F)(F)C(=O)O)CC1. The Balaban J connectivity index is 2.45. The molecule has 0 radical (unpaired) electrons. The average molecular weight is 207 g/mol. The van der Waals surface area contributed by atoms with Crippen LogP contribution in [0, 0.1) is 5.92 Å². The second-order valence-electron chi connectivity index (χ2n) is 4.17. The Morgan fingerprint density at radius 1 is 1.57 bits per heavy atom. The van der Waals surface area contributed by atoms with Crippen molar-refractivity contribution in [3.63, 3.8) is 0 Å². The van der Waals surface area contributed by atoms with Crippen LogP contribution in [0.5, 0.6) is 0 Å². The van der Waals surface area contributed by atoms with Gasteiger partial charge in [0.2, 0.25) is 0 Å². The van der Waals surface area contributed by atoms with E-state index in [-0.39, 0.29) is 11.5 Å². The zero-order chi connectivity index (χ0) is 11.0. The highest BCUT2D eigenvalue weighted by Crippen LogP contribution is 2.42. The minimum Gasteiger partial charge on any atom is -0.477 e. The molecule has 14 heavy (non-hydrogen) atoms. The number of carbonyl (C=O) groups is 1. The zero-order valence-corrected chi connectivity index (χ0v) is 8.31. The van der Waals surface area contributed by atoms with E-state index in [0.29, 0.717) is 0 Å². The molecule has 0 amide bonds. The first-order chi connectivity index (χ1) is 6.30. The fourth-order valence-electron chi connectivity index (χ4n) is 1.46. The molecule has 5 heteroatoms. The lowest BCUT2D eigenvalue weighted by atomic mass is 10.0. The highest BCUT2D eigenvalue weighted by molar-refractivity contribution is 5.75. The van der Waals surface area contributed by atoms with Gasteiger partial charge in [-0.3, -0.25) is 0 Å². The number of hydrogen-bond acceptors (Lipinski definition) is 2. The molecule has 0 bridgehead atoms. The van der Waals surface area contributed by atoms with E-state index >= 15 is 0 Å². The van der Waals surface area contributed by atoms with Crippen molar-refractivity contribution in [3.8, 4) is 0 Å². The summed E-state index contributed by atoms with van der Waals surface area (Å²) in [5.74, 6) is -5.47. The molecule has 2 N–H and O–H groups in total. The van der Waals surface area contributed by atoms with E-state index in [1.165, 1.54) is 0 Å². The van der Waals surface area contributed by atoms with Gasteiger partial charge in [0, 0.05) is 5.54 Å². The maximum Gasteiger partial charge on any atom is 0.375 e. The molecule has 1 rings (SSSR count). The molecule has 1 aliphatic rings. The van der Waals surface area contributed by atoms with E-state index in [4.69, 9.17) is 5.11 Å². The molecular formula is C9H15F2NO2. The van der Waals surface area contributed by atoms with Crippen LogP contribution in [0.3, 0.4) is 0 Å². The second-order valence-corrected chi connectivity index (χ2v) is 4.17. The van der Waals surface area contributed by atoms with Gasteiger partial charge in [0.15, 0.2) is 0 Å². The van der Waals surface area contributed by atoms with Crippen LogP contribution in [0.1, 0.15) is 26.7 Å². The Bertz CT molecular complexity index is 237. The number of hydrogen-bond donors (Lipinski definition) is 2. The summed E-state index contributed by atoms with van der Waals surface area (Å²) in [6.45, 7) is 3.11. The Morgan fingerprint density at radius 2 is 2.07 bits per heavy atom. The summed E-state index contributed by atoms with van der Waals surface area (Å²) in [6, 6.07) is 0. The molecule has 82 valence electrons. The molecule has 0 atom stereocenters. The first kappa shape index (κ1) is 11.4. The molecule has 1 aliphatic carbocycles. The number of aliphatic carboxylic acids is 1. The van der Waals surface area contributed by atoms with Gasteiger partial charge in [0.25, 0.3) is 0 Å². The van der Waals surface area contributed by atoms with Crippen molar-refractivity contribution < 1.29 is 18.7 Å². The van der Waals surface area contributed by atoms with E-state index in [2.05, 4.69) is 5.32 Å². The molecule has 1 fully saturated rings. The van der Waals surface area contributed by atoms with E-state index in [9.17, 15) is 13.6 Å². The molecule has 0 spiro atoms. The summed E-state index contributed by atoms with van der Waals surface area (Å²) < 4.78 is 25.4. The Labute approximate surface area is 81.5 Å². The Kier molecular flexibility index (Phi) is 2.81. The van der Waals surface area contributed by atoms with Crippen LogP contribution in [0.15, 0.2) is 0 Å². The van der Waals surface area contributed by atoms with Gasteiger partial charge in [-0.25, -0.2) is 4.79 Å². The van der Waals surface area contributed by atoms with Gasteiger partial charge in [-0.2, -0.15) is 8.78 Å². The Morgan fingerprint density at radius 3 is 2.36 bits per heavy atom. The summed E-state index contributed by atoms with van der Waals surface area (Å²) >= 11 is 0. The molecular weight excluding hydrogens is 192 g/mol. The van der Waals surface area contributed by atoms with Crippen molar-refractivity contribution in [2.75, 3.05) is 6.54 Å². The van der Waals surface area contributed by atoms with Crippen LogP contribution in [-0.2, 0) is 4.79 Å². The number of alkyl halides is 2. The van der Waals surface area contributed by atoms with Crippen LogP contribution in [-0.4, -0.2) is 29.1 Å². The van der Waals surface area contributed by atoms with Gasteiger partial charge in [-0.1, -0.05) is 13.8 Å². The number of nitrogens with one attached hydrogen (secondary N) is 1. The van der Waals surface area contributed by atoms with Crippen LogP contribution in [0.4, 0.5) is 8.78 Å². The normalized spacial score (nSPS) is 19.8. The van der Waals surface area contributed by atoms with Crippen LogP contribution in [0.2, 0.25) is 0 Å². The van der Waals surface area contributed by atoms with Crippen molar-refractivity contribution in [3.05, 3.63) is 0 Å². The molecule has 0 aromatic heterocycles. The molecule has 0 saturated heterocycles. The van der Waals surface area contributed by atoms with Gasteiger partial charge >= 0.3 is 11.9 Å². The quantitative estimate of drug-likeness (QED) is 0.718. The van der Waals surface area contributed by atoms with Crippen molar-refractivity contribution >= 4 is 5.97 Å². The number of carboxylic acid groups (broad SMARTS) is 1. The topological polar surface area (TPSA) is 49.3 Å². The van der Waals surface area contributed by atoms with Crippen molar-refractivity contribution in [1.82, 2.24) is 5.32 Å². The minimum absolute atomic E-state index is 0.251. The van der Waals surface area contributed by atoms with Gasteiger partial charge in [0.05, 0.1) is 6.54 Å². The molecule has 0 aromatic rings. The van der Waals surface area contributed by atoms with Crippen LogP contribution in [0.25, 0.3) is 0 Å². The third kappa shape index (κ3) is 2.20. The van der Waals surface area contributed by atoms with Crippen LogP contribution < -0.4 is 5.32 Å². The molecule has 1 saturated carbocycles. The van der Waals surface area contributed by atoms with Crippen molar-refractivity contribution in [1.29, 1.82) is 0 Å². The summed E-state index contributed by atoms with van der Waals surface area (Å²) in [4.78, 5) is 10.1. The van der Waals surface area contributed by atoms with Gasteiger partial charge in [0.1, 0.15) is 0 Å². The van der Waals surface area contributed by atoms with E-state index in [0.717, 1.165) is 12.8 Å². The van der Waals surface area contributed by atoms with Gasteiger partial charge in [-0.05, 0) is 18.8 Å². The van der Waals surface area contributed by atoms with Crippen molar-refractivity contribution in [2.24, 2.45) is 5.92 Å². The first-order valence-electron chi connectivity index (χ1n) is 4.66. The lowest BCUT2D eigenvalue weighted by Crippen LogP contribution is -2.46. The predicted molar refractivity (Wildman–Crippen MR) is 47.4 cm³/mol. The maximum atomic E-state index is 12.7. The summed E-state index contributed by atoms with van der Waals surface area (Å²) in [7, 11) is 0. The zero-order valence-electron chi connectivity index (χ0n) is 8.31. The smallest absolute Gasteiger partial charge is 0.375 e. The standard InChI is InChI=1S/C9H15F2NO2/c1-6(2)8(3-4-8)12-5-9(10,11)7(13)14/h6,12H,3-5H2,1-2H3,(H,13,14). The Hall–Kier alpha value is -0.710. The van der Waals surface area contributed by atoms with E-state index in [1.807, 2.05) is 13.8 Å². The molecule has 3 nitrogen and oxygen atoms in total. The molecule has 0 heterocycles. The molecule has 0 unspecified atom stereocenters. The lowest BCUT2D eigenvalue weighted by molar-refractivity contribution is -0.164. The molecule has 0 aromatic carbocycles. The second kappa shape index (κ2) is 3.46. The van der Waals surface area contributed by atoms with E-state index < -0.39 is 18.4 Å². The number of carboxylic acids is 1. The van der Waals surface area contributed by atoms with E-state index in [1.54, 1.807) is 0 Å². The number of rotatable bonds is 5. The summed E-state index contributed by atoms with van der Waals surface area (Å²) in [5.41, 5.74) is -0.251. The maximum absolute atomic E-state index is 12.7. The fourth-order valence-corrected chi connectivity index (χ4v) is 1.46. The monoisotopic (exact) mass is 207 g/mol. The number of halogens is 2. The van der Waals surface area contributed by atoms with Crippen molar-refractivity contribution in [2.45, 2.75) is 38.2 Å². The minimum atomic E-state index is -3.66. The average Bonchev–Trinajstić information content (AvgIpc) is 2.81. The third-order valence-corrected chi connectivity index (χ3v) is 2.87. The first-order valence-corrected chi connectivity index (χ1v) is 4.66. The van der Waals surface area contributed by atoms with Gasteiger partial charge < -0.3 is 10.4 Å². The summed E-state index contributed by atoms with van der Waals surface area (Å²) in [5, 5.41) is 10.9. The summed E-state index contributed by atoms with van der Waals surface area (Å²) in [6.07, 6.45) is 1.70. The van der Waals surface area contributed by atoms with Gasteiger partial charge in [-0.15, -0.1) is 0 Å².